The van der Waals surface area contributed by atoms with Crippen molar-refractivity contribution in [3.05, 3.63) is 47.0 Å². The maximum Gasteiger partial charge on any atom is 0.306 e. The summed E-state index contributed by atoms with van der Waals surface area (Å²) in [6.07, 6.45) is 4.90. The van der Waals surface area contributed by atoms with Gasteiger partial charge in [0.05, 0.1) is 5.92 Å². The van der Waals surface area contributed by atoms with E-state index in [0.29, 0.717) is 37.1 Å². The molecule has 142 valence electrons. The third kappa shape index (κ3) is 3.34. The quantitative estimate of drug-likeness (QED) is 0.866. The van der Waals surface area contributed by atoms with E-state index in [0.717, 1.165) is 30.5 Å². The number of para-hydroxylation sites is 1. The molecule has 1 saturated carbocycles. The van der Waals surface area contributed by atoms with Gasteiger partial charge in [0, 0.05) is 17.3 Å². The van der Waals surface area contributed by atoms with Gasteiger partial charge in [-0.05, 0) is 57.1 Å². The third-order valence-corrected chi connectivity index (χ3v) is 5.64. The minimum absolute atomic E-state index is 0.0382. The first-order valence-electron chi connectivity index (χ1n) is 9.44. The van der Waals surface area contributed by atoms with Crippen LogP contribution in [0.4, 0.5) is 4.39 Å². The number of nitrogens with zero attached hydrogens (tertiary/aromatic N) is 2. The summed E-state index contributed by atoms with van der Waals surface area (Å²) in [4.78, 5) is 23.9. The lowest BCUT2D eigenvalue weighted by Crippen LogP contribution is -2.39. The monoisotopic (exact) mass is 371 g/mol. The normalized spacial score (nSPS) is 21.7. The first-order valence-corrected chi connectivity index (χ1v) is 9.44. The van der Waals surface area contributed by atoms with Crippen LogP contribution in [-0.2, 0) is 17.6 Å². The average molecular weight is 371 g/mol. The van der Waals surface area contributed by atoms with Crippen molar-refractivity contribution in [3.63, 3.8) is 0 Å². The second kappa shape index (κ2) is 7.13. The largest absolute Gasteiger partial charge is 0.481 e. The Morgan fingerprint density at radius 2 is 1.89 bits per heavy atom. The van der Waals surface area contributed by atoms with Crippen molar-refractivity contribution in [3.8, 4) is 5.69 Å². The van der Waals surface area contributed by atoms with Gasteiger partial charge in [-0.15, -0.1) is 0 Å². The molecule has 1 fully saturated rings. The van der Waals surface area contributed by atoms with E-state index < -0.39 is 5.97 Å². The predicted octanol–water partition coefficient (Wildman–Crippen LogP) is 2.87. The van der Waals surface area contributed by atoms with Gasteiger partial charge in [-0.2, -0.15) is 5.10 Å². The number of carboxylic acid groups (broad SMARTS) is 1. The highest BCUT2D eigenvalue weighted by atomic mass is 19.1. The van der Waals surface area contributed by atoms with Crippen molar-refractivity contribution in [2.75, 3.05) is 0 Å². The topological polar surface area (TPSA) is 84.2 Å². The summed E-state index contributed by atoms with van der Waals surface area (Å²) >= 11 is 0. The van der Waals surface area contributed by atoms with Gasteiger partial charge >= 0.3 is 5.97 Å². The highest BCUT2D eigenvalue weighted by Crippen LogP contribution is 2.29. The number of hydrogen-bond donors (Lipinski definition) is 2. The molecule has 6 nitrogen and oxygen atoms in total. The summed E-state index contributed by atoms with van der Waals surface area (Å²) < 4.78 is 15.8. The van der Waals surface area contributed by atoms with E-state index in [1.807, 2.05) is 0 Å². The summed E-state index contributed by atoms with van der Waals surface area (Å²) in [6.45, 7) is 0. The van der Waals surface area contributed by atoms with Gasteiger partial charge in [0.25, 0.3) is 5.91 Å². The molecule has 1 heterocycles. The van der Waals surface area contributed by atoms with E-state index in [-0.39, 0.29) is 23.7 Å². The van der Waals surface area contributed by atoms with Crippen molar-refractivity contribution in [2.45, 2.75) is 51.0 Å². The van der Waals surface area contributed by atoms with Gasteiger partial charge < -0.3 is 10.4 Å². The number of halogens is 1. The van der Waals surface area contributed by atoms with Crippen LogP contribution in [0.2, 0.25) is 0 Å². The summed E-state index contributed by atoms with van der Waals surface area (Å²) in [5, 5.41) is 16.5. The molecule has 1 aromatic heterocycles. The lowest BCUT2D eigenvalue weighted by Gasteiger charge is -2.26. The standard InChI is InChI=1S/C20H22FN3O3/c21-15-5-1-2-6-17(15)24-16-7-3-4-14(16)18(23-24)19(25)22-13-10-8-12(9-11-13)20(26)27/h1-2,5-6,12-13H,3-4,7-11H2,(H,22,25)(H,26,27). The summed E-state index contributed by atoms with van der Waals surface area (Å²) in [6, 6.07) is 6.39. The molecular formula is C20H22FN3O3. The number of nitrogens with one attached hydrogen (secondary N) is 1. The molecule has 0 unspecified atom stereocenters. The second-order valence-corrected chi connectivity index (χ2v) is 7.35. The van der Waals surface area contributed by atoms with Crippen LogP contribution in [0.1, 0.15) is 53.8 Å². The number of fused-ring (bicyclic) bond motifs is 1. The molecule has 0 aliphatic heterocycles. The van der Waals surface area contributed by atoms with Crippen LogP contribution in [-0.4, -0.2) is 32.8 Å². The number of hydrogen-bond acceptors (Lipinski definition) is 3. The van der Waals surface area contributed by atoms with Gasteiger partial charge in [0.2, 0.25) is 0 Å². The van der Waals surface area contributed by atoms with Crippen molar-refractivity contribution in [2.24, 2.45) is 5.92 Å². The van der Waals surface area contributed by atoms with E-state index in [1.165, 1.54) is 6.07 Å². The van der Waals surface area contributed by atoms with Crippen molar-refractivity contribution < 1.29 is 19.1 Å². The summed E-state index contributed by atoms with van der Waals surface area (Å²) in [5.74, 6) is -1.69. The first kappa shape index (κ1) is 17.7. The Morgan fingerprint density at radius 1 is 1.15 bits per heavy atom. The second-order valence-electron chi connectivity index (χ2n) is 7.35. The highest BCUT2D eigenvalue weighted by Gasteiger charge is 2.31. The van der Waals surface area contributed by atoms with Gasteiger partial charge in [-0.3, -0.25) is 9.59 Å². The van der Waals surface area contributed by atoms with Gasteiger partial charge in [-0.25, -0.2) is 9.07 Å². The molecule has 0 bridgehead atoms. The van der Waals surface area contributed by atoms with Crippen LogP contribution in [0.3, 0.4) is 0 Å². The van der Waals surface area contributed by atoms with Crippen molar-refractivity contribution in [1.82, 2.24) is 15.1 Å². The molecule has 0 saturated heterocycles. The lowest BCUT2D eigenvalue weighted by atomic mass is 9.86. The SMILES string of the molecule is O=C(NC1CCC(C(=O)O)CC1)c1nn(-c2ccccc2F)c2c1CCC2. The molecule has 1 amide bonds. The smallest absolute Gasteiger partial charge is 0.306 e. The summed E-state index contributed by atoms with van der Waals surface area (Å²) in [5.41, 5.74) is 2.53. The highest BCUT2D eigenvalue weighted by molar-refractivity contribution is 5.94. The van der Waals surface area contributed by atoms with Crippen molar-refractivity contribution in [1.29, 1.82) is 0 Å². The first-order chi connectivity index (χ1) is 13.0. The molecule has 0 radical (unpaired) electrons. The number of carbonyl (C=O) groups excluding carboxylic acids is 1. The zero-order chi connectivity index (χ0) is 19.0. The van der Waals surface area contributed by atoms with Crippen LogP contribution >= 0.6 is 0 Å². The number of carboxylic acids is 1. The Kier molecular flexibility index (Phi) is 4.68. The maximum absolute atomic E-state index is 14.2. The Labute approximate surface area is 156 Å². The Bertz CT molecular complexity index is 885. The number of amides is 1. The molecule has 2 aliphatic rings. The average Bonchev–Trinajstić information content (AvgIpc) is 3.25. The molecule has 27 heavy (non-hydrogen) atoms. The van der Waals surface area contributed by atoms with Crippen LogP contribution in [0, 0.1) is 11.7 Å². The molecule has 2 aliphatic carbocycles. The number of aliphatic carboxylic acids is 1. The summed E-state index contributed by atoms with van der Waals surface area (Å²) in [7, 11) is 0. The molecule has 7 heteroatoms. The fourth-order valence-electron chi connectivity index (χ4n) is 4.18. The van der Waals surface area contributed by atoms with E-state index >= 15 is 0 Å². The predicted molar refractivity (Wildman–Crippen MR) is 96.4 cm³/mol. The Balaban J connectivity index is 1.54. The minimum atomic E-state index is -0.763. The number of rotatable bonds is 4. The molecule has 4 rings (SSSR count). The molecule has 0 spiro atoms. The zero-order valence-corrected chi connectivity index (χ0v) is 14.9. The molecule has 2 N–H and O–H groups in total. The number of aromatic nitrogens is 2. The van der Waals surface area contributed by atoms with E-state index in [4.69, 9.17) is 5.11 Å². The molecule has 1 aromatic carbocycles. The van der Waals surface area contributed by atoms with E-state index in [2.05, 4.69) is 10.4 Å². The molecule has 0 atom stereocenters. The Hall–Kier alpha value is -2.70. The van der Waals surface area contributed by atoms with Crippen LogP contribution in [0.25, 0.3) is 5.69 Å². The van der Waals surface area contributed by atoms with E-state index in [9.17, 15) is 14.0 Å². The van der Waals surface area contributed by atoms with Crippen LogP contribution in [0.5, 0.6) is 0 Å². The van der Waals surface area contributed by atoms with Gasteiger partial charge in [0.1, 0.15) is 11.5 Å². The zero-order valence-electron chi connectivity index (χ0n) is 14.9. The van der Waals surface area contributed by atoms with E-state index in [1.54, 1.807) is 22.9 Å². The number of benzene rings is 1. The van der Waals surface area contributed by atoms with Crippen LogP contribution < -0.4 is 5.32 Å². The fourth-order valence-corrected chi connectivity index (χ4v) is 4.18. The molecular weight excluding hydrogens is 349 g/mol. The fraction of sp³-hybridized carbons (Fsp3) is 0.450. The van der Waals surface area contributed by atoms with Gasteiger partial charge in [-0.1, -0.05) is 12.1 Å². The maximum atomic E-state index is 14.2. The van der Waals surface area contributed by atoms with Crippen LogP contribution in [0.15, 0.2) is 24.3 Å². The van der Waals surface area contributed by atoms with Gasteiger partial charge in [0.15, 0.2) is 5.69 Å². The van der Waals surface area contributed by atoms with Crippen molar-refractivity contribution >= 4 is 11.9 Å². The minimum Gasteiger partial charge on any atom is -0.481 e. The Morgan fingerprint density at radius 3 is 2.59 bits per heavy atom. The lowest BCUT2D eigenvalue weighted by molar-refractivity contribution is -0.142. The third-order valence-electron chi connectivity index (χ3n) is 5.64. The molecule has 2 aromatic rings. The number of carbonyl (C=O) groups is 2.